The summed E-state index contributed by atoms with van der Waals surface area (Å²) in [6.07, 6.45) is 0. The topological polar surface area (TPSA) is 109 Å². The molecule has 2 heterocycles. The number of nitrogens with one attached hydrogen (secondary N) is 1. The van der Waals surface area contributed by atoms with Crippen molar-refractivity contribution in [3.05, 3.63) is 86.6 Å². The number of para-hydroxylation sites is 1. The van der Waals surface area contributed by atoms with Gasteiger partial charge in [-0.3, -0.25) is 4.79 Å². The molecule has 0 unspecified atom stereocenters. The van der Waals surface area contributed by atoms with E-state index in [9.17, 15) is 19.6 Å². The monoisotopic (exact) mass is 444 g/mol. The maximum Gasteiger partial charge on any atom is 0.348 e. The van der Waals surface area contributed by atoms with Crippen molar-refractivity contribution in [2.75, 3.05) is 12.4 Å². The third kappa shape index (κ3) is 3.77. The molecule has 0 saturated carbocycles. The number of hydrogen-bond acceptors (Lipinski definition) is 7. The maximum absolute atomic E-state index is 12.7. The first-order valence-corrected chi connectivity index (χ1v) is 10.3. The summed E-state index contributed by atoms with van der Waals surface area (Å²) in [5, 5.41) is 13.2. The number of rotatable bonds is 4. The number of anilines is 1. The smallest absolute Gasteiger partial charge is 0.348 e. The molecule has 0 aliphatic rings. The lowest BCUT2D eigenvalue weighted by molar-refractivity contribution is 0.0605. The summed E-state index contributed by atoms with van der Waals surface area (Å²) in [6.45, 7) is 1.63. The third-order valence-corrected chi connectivity index (χ3v) is 6.14. The van der Waals surface area contributed by atoms with Gasteiger partial charge in [0.25, 0.3) is 5.91 Å². The van der Waals surface area contributed by atoms with Gasteiger partial charge in [0.05, 0.1) is 18.2 Å². The van der Waals surface area contributed by atoms with Crippen molar-refractivity contribution in [2.24, 2.45) is 0 Å². The van der Waals surface area contributed by atoms with Gasteiger partial charge in [-0.2, -0.15) is 5.26 Å². The summed E-state index contributed by atoms with van der Waals surface area (Å²) >= 11 is 0.987. The molecule has 2 aromatic heterocycles. The molecule has 1 amide bonds. The number of fused-ring (bicyclic) bond motifs is 1. The fourth-order valence-corrected chi connectivity index (χ4v) is 4.33. The summed E-state index contributed by atoms with van der Waals surface area (Å²) in [4.78, 5) is 37.2. The summed E-state index contributed by atoms with van der Waals surface area (Å²) in [6, 6.07) is 17.4. The number of amides is 1. The second kappa shape index (κ2) is 8.49. The summed E-state index contributed by atoms with van der Waals surface area (Å²) in [7, 11) is 1.25. The van der Waals surface area contributed by atoms with Crippen LogP contribution < -0.4 is 10.9 Å². The predicted molar refractivity (Wildman–Crippen MR) is 121 cm³/mol. The molecule has 4 rings (SSSR count). The van der Waals surface area contributed by atoms with Crippen LogP contribution in [0.15, 0.2) is 63.8 Å². The lowest BCUT2D eigenvalue weighted by atomic mass is 10.0. The van der Waals surface area contributed by atoms with Gasteiger partial charge in [-0.25, -0.2) is 9.59 Å². The molecule has 158 valence electrons. The van der Waals surface area contributed by atoms with Gasteiger partial charge in [0.15, 0.2) is 0 Å². The highest BCUT2D eigenvalue weighted by Gasteiger charge is 2.22. The van der Waals surface area contributed by atoms with Crippen LogP contribution in [0.3, 0.4) is 0 Å². The largest absolute Gasteiger partial charge is 0.465 e. The van der Waals surface area contributed by atoms with Crippen molar-refractivity contribution in [3.63, 3.8) is 0 Å². The van der Waals surface area contributed by atoms with Gasteiger partial charge in [-0.1, -0.05) is 30.3 Å². The standard InChI is InChI=1S/C24H16N2O5S/c1-13-18(12-25)22(32-20(13)24(29)30-2)26-21(27)15-9-7-14(8-10-15)17-11-16-5-3-4-6-19(16)31-23(17)28/h3-11H,1-2H3,(H,26,27). The Hall–Kier alpha value is -4.22. The van der Waals surface area contributed by atoms with Gasteiger partial charge in [0.1, 0.15) is 21.5 Å². The van der Waals surface area contributed by atoms with Crippen LogP contribution in [0.25, 0.3) is 22.1 Å². The Bertz CT molecular complexity index is 1460. The van der Waals surface area contributed by atoms with E-state index in [4.69, 9.17) is 9.15 Å². The Kier molecular flexibility index (Phi) is 5.58. The van der Waals surface area contributed by atoms with Gasteiger partial charge in [-0.05, 0) is 42.3 Å². The number of carbonyl (C=O) groups is 2. The summed E-state index contributed by atoms with van der Waals surface area (Å²) in [5.74, 6) is -1.01. The van der Waals surface area contributed by atoms with E-state index in [0.717, 1.165) is 16.7 Å². The Balaban J connectivity index is 1.61. The number of ether oxygens (including phenoxy) is 1. The molecule has 32 heavy (non-hydrogen) atoms. The predicted octanol–water partition coefficient (Wildman–Crippen LogP) is 4.74. The molecule has 0 saturated heterocycles. The first-order chi connectivity index (χ1) is 15.4. The molecular weight excluding hydrogens is 428 g/mol. The molecular formula is C24H16N2O5S. The van der Waals surface area contributed by atoms with Crippen molar-refractivity contribution in [1.29, 1.82) is 5.26 Å². The molecule has 0 radical (unpaired) electrons. The molecule has 4 aromatic rings. The van der Waals surface area contributed by atoms with Gasteiger partial charge in [0.2, 0.25) is 0 Å². The number of nitrogens with zero attached hydrogens (tertiary/aromatic N) is 1. The van der Waals surface area contributed by atoms with Crippen molar-refractivity contribution in [3.8, 4) is 17.2 Å². The van der Waals surface area contributed by atoms with Crippen molar-refractivity contribution >= 4 is 39.2 Å². The Morgan fingerprint density at radius 3 is 2.53 bits per heavy atom. The third-order valence-electron chi connectivity index (χ3n) is 4.96. The normalized spacial score (nSPS) is 10.5. The van der Waals surface area contributed by atoms with Crippen LogP contribution in [0, 0.1) is 18.3 Å². The number of benzene rings is 2. The highest BCUT2D eigenvalue weighted by Crippen LogP contribution is 2.33. The molecule has 7 nitrogen and oxygen atoms in total. The van der Waals surface area contributed by atoms with Crippen molar-refractivity contribution in [1.82, 2.24) is 0 Å². The molecule has 1 N–H and O–H groups in total. The number of thiophene rings is 1. The highest BCUT2D eigenvalue weighted by atomic mass is 32.1. The van der Waals surface area contributed by atoms with Crippen LogP contribution in [-0.2, 0) is 4.74 Å². The van der Waals surface area contributed by atoms with E-state index in [1.807, 2.05) is 18.2 Å². The van der Waals surface area contributed by atoms with E-state index in [2.05, 4.69) is 5.32 Å². The van der Waals surface area contributed by atoms with E-state index in [1.54, 1.807) is 49.4 Å². The highest BCUT2D eigenvalue weighted by molar-refractivity contribution is 7.18. The molecule has 0 bridgehead atoms. The summed E-state index contributed by atoms with van der Waals surface area (Å²) in [5.41, 5.74) is 2.03. The Morgan fingerprint density at radius 2 is 1.84 bits per heavy atom. The van der Waals surface area contributed by atoms with E-state index >= 15 is 0 Å². The van der Waals surface area contributed by atoms with Gasteiger partial charge in [-0.15, -0.1) is 11.3 Å². The second-order valence-electron chi connectivity index (χ2n) is 6.88. The van der Waals surface area contributed by atoms with Crippen LogP contribution in [0.4, 0.5) is 5.00 Å². The van der Waals surface area contributed by atoms with Gasteiger partial charge in [0, 0.05) is 10.9 Å². The molecule has 0 atom stereocenters. The molecule has 2 aromatic carbocycles. The van der Waals surface area contributed by atoms with Gasteiger partial charge < -0.3 is 14.5 Å². The van der Waals surface area contributed by atoms with E-state index in [1.165, 1.54) is 7.11 Å². The van der Waals surface area contributed by atoms with Crippen LogP contribution >= 0.6 is 11.3 Å². The van der Waals surface area contributed by atoms with E-state index < -0.39 is 17.5 Å². The minimum absolute atomic E-state index is 0.217. The second-order valence-corrected chi connectivity index (χ2v) is 7.90. The quantitative estimate of drug-likeness (QED) is 0.360. The average Bonchev–Trinajstić information content (AvgIpc) is 3.12. The lowest BCUT2D eigenvalue weighted by Crippen LogP contribution is -2.11. The number of methoxy groups -OCH3 is 1. The molecule has 0 aliphatic heterocycles. The number of hydrogen-bond donors (Lipinski definition) is 1. The van der Waals surface area contributed by atoms with Crippen molar-refractivity contribution < 1.29 is 18.7 Å². The lowest BCUT2D eigenvalue weighted by Gasteiger charge is -2.06. The number of nitriles is 1. The first-order valence-electron chi connectivity index (χ1n) is 9.49. The fourth-order valence-electron chi connectivity index (χ4n) is 3.26. The van der Waals surface area contributed by atoms with Crippen molar-refractivity contribution in [2.45, 2.75) is 6.92 Å². The van der Waals surface area contributed by atoms with Crippen LogP contribution in [0.2, 0.25) is 0 Å². The molecule has 0 fully saturated rings. The fraction of sp³-hybridized carbons (Fsp3) is 0.0833. The Labute approximate surface area is 186 Å². The average molecular weight is 444 g/mol. The van der Waals surface area contributed by atoms with Crippen LogP contribution in [0.5, 0.6) is 0 Å². The SMILES string of the molecule is COC(=O)c1sc(NC(=O)c2ccc(-c3cc4ccccc4oc3=O)cc2)c(C#N)c1C. The maximum atomic E-state index is 12.7. The first kappa shape index (κ1) is 21.0. The molecule has 0 aliphatic carbocycles. The minimum Gasteiger partial charge on any atom is -0.465 e. The van der Waals surface area contributed by atoms with E-state index in [0.29, 0.717) is 27.8 Å². The minimum atomic E-state index is -0.567. The van der Waals surface area contributed by atoms with Crippen LogP contribution in [-0.4, -0.2) is 19.0 Å². The summed E-state index contributed by atoms with van der Waals surface area (Å²) < 4.78 is 10.1. The van der Waals surface area contributed by atoms with Crippen LogP contribution in [0.1, 0.15) is 31.2 Å². The van der Waals surface area contributed by atoms with Gasteiger partial charge >= 0.3 is 11.6 Å². The zero-order chi connectivity index (χ0) is 22.8. The Morgan fingerprint density at radius 1 is 1.12 bits per heavy atom. The van der Waals surface area contributed by atoms with E-state index in [-0.39, 0.29) is 15.4 Å². The molecule has 0 spiro atoms. The molecule has 8 heteroatoms. The zero-order valence-electron chi connectivity index (χ0n) is 17.1. The number of carbonyl (C=O) groups excluding carboxylic acids is 2. The number of esters is 1. The zero-order valence-corrected chi connectivity index (χ0v) is 17.9.